The molecule has 0 aliphatic carbocycles. The molecule has 1 N–H and O–H groups in total. The van der Waals surface area contributed by atoms with Gasteiger partial charge < -0.3 is 9.84 Å². The maximum absolute atomic E-state index is 11.5. The van der Waals surface area contributed by atoms with E-state index in [9.17, 15) is 9.90 Å². The second-order valence-corrected chi connectivity index (χ2v) is 3.78. The van der Waals surface area contributed by atoms with Crippen LogP contribution in [0.1, 0.15) is 48.2 Å². The van der Waals surface area contributed by atoms with Crippen LogP contribution in [0.5, 0.6) is 5.75 Å². The van der Waals surface area contributed by atoms with Crippen molar-refractivity contribution in [2.75, 3.05) is 0 Å². The molecule has 3 heteroatoms. The van der Waals surface area contributed by atoms with Crippen LogP contribution in [0, 0.1) is 0 Å². The number of fused-ring (bicyclic) bond motifs is 1. The van der Waals surface area contributed by atoms with Crippen LogP contribution in [0.4, 0.5) is 0 Å². The largest absolute Gasteiger partial charge is 0.507 e. The standard InChI is InChI=1S/C12H14O3/c1-2-3-7-10-8-5-4-6-9(13)11(8)12(14)15-10/h4-6,10,13H,2-3,7H2,1H3. The molecule has 1 unspecified atom stereocenters. The first-order chi connectivity index (χ1) is 7.24. The Kier molecular flexibility index (Phi) is 2.62. The van der Waals surface area contributed by atoms with Crippen LogP contribution in [0.2, 0.25) is 0 Å². The van der Waals surface area contributed by atoms with Crippen molar-refractivity contribution in [2.24, 2.45) is 0 Å². The summed E-state index contributed by atoms with van der Waals surface area (Å²) >= 11 is 0. The van der Waals surface area contributed by atoms with E-state index in [1.54, 1.807) is 6.07 Å². The van der Waals surface area contributed by atoms with E-state index in [4.69, 9.17) is 4.74 Å². The number of ether oxygens (including phenoxy) is 1. The Morgan fingerprint density at radius 1 is 1.47 bits per heavy atom. The van der Waals surface area contributed by atoms with Gasteiger partial charge in [-0.1, -0.05) is 25.5 Å². The molecular weight excluding hydrogens is 192 g/mol. The molecule has 0 bridgehead atoms. The van der Waals surface area contributed by atoms with Crippen LogP contribution in [0.3, 0.4) is 0 Å². The first-order valence-electron chi connectivity index (χ1n) is 5.27. The summed E-state index contributed by atoms with van der Waals surface area (Å²) in [6.45, 7) is 2.10. The van der Waals surface area contributed by atoms with Gasteiger partial charge in [-0.15, -0.1) is 0 Å². The van der Waals surface area contributed by atoms with E-state index in [-0.39, 0.29) is 11.9 Å². The average molecular weight is 206 g/mol. The number of unbranched alkanes of at least 4 members (excludes halogenated alkanes) is 1. The number of esters is 1. The highest BCUT2D eigenvalue weighted by Crippen LogP contribution is 2.38. The highest BCUT2D eigenvalue weighted by molar-refractivity contribution is 5.96. The molecule has 2 rings (SSSR count). The lowest BCUT2D eigenvalue weighted by Crippen LogP contribution is -1.98. The first kappa shape index (κ1) is 10.0. The van der Waals surface area contributed by atoms with E-state index in [0.29, 0.717) is 5.56 Å². The van der Waals surface area contributed by atoms with Crippen LogP contribution in [0.15, 0.2) is 18.2 Å². The van der Waals surface area contributed by atoms with Crippen LogP contribution in [-0.2, 0) is 4.74 Å². The van der Waals surface area contributed by atoms with E-state index >= 15 is 0 Å². The van der Waals surface area contributed by atoms with Crippen molar-refractivity contribution in [3.05, 3.63) is 29.3 Å². The quantitative estimate of drug-likeness (QED) is 0.773. The lowest BCUT2D eigenvalue weighted by atomic mass is 10.0. The summed E-state index contributed by atoms with van der Waals surface area (Å²) in [6.07, 6.45) is 2.76. The van der Waals surface area contributed by atoms with Gasteiger partial charge in [0, 0.05) is 5.56 Å². The molecule has 1 aliphatic heterocycles. The Bertz CT molecular complexity index is 384. The van der Waals surface area contributed by atoms with E-state index in [1.807, 2.05) is 6.07 Å². The smallest absolute Gasteiger partial charge is 0.342 e. The number of phenolic OH excluding ortho intramolecular Hbond substituents is 1. The molecule has 1 aromatic carbocycles. The van der Waals surface area contributed by atoms with E-state index in [1.165, 1.54) is 6.07 Å². The Balaban J connectivity index is 2.30. The molecular formula is C12H14O3. The van der Waals surface area contributed by atoms with Crippen molar-refractivity contribution >= 4 is 5.97 Å². The van der Waals surface area contributed by atoms with Crippen LogP contribution < -0.4 is 0 Å². The fraction of sp³-hybridized carbons (Fsp3) is 0.417. The van der Waals surface area contributed by atoms with Gasteiger partial charge in [-0.05, 0) is 18.9 Å². The van der Waals surface area contributed by atoms with Gasteiger partial charge in [-0.25, -0.2) is 4.79 Å². The van der Waals surface area contributed by atoms with Gasteiger partial charge in [0.1, 0.15) is 17.4 Å². The number of carbonyl (C=O) groups is 1. The Hall–Kier alpha value is -1.51. The number of benzene rings is 1. The third-order valence-electron chi connectivity index (χ3n) is 2.69. The zero-order valence-corrected chi connectivity index (χ0v) is 8.69. The maximum atomic E-state index is 11.5. The highest BCUT2D eigenvalue weighted by Gasteiger charge is 2.32. The van der Waals surface area contributed by atoms with Crippen LogP contribution in [0.25, 0.3) is 0 Å². The molecule has 0 saturated heterocycles. The predicted octanol–water partition coefficient (Wildman–Crippen LogP) is 2.79. The van der Waals surface area contributed by atoms with Gasteiger partial charge in [0.25, 0.3) is 0 Å². The molecule has 1 aliphatic rings. The fourth-order valence-electron chi connectivity index (χ4n) is 1.90. The molecule has 1 atom stereocenters. The number of cyclic esters (lactones) is 1. The number of rotatable bonds is 3. The Morgan fingerprint density at radius 3 is 3.00 bits per heavy atom. The topological polar surface area (TPSA) is 46.5 Å². The lowest BCUT2D eigenvalue weighted by molar-refractivity contribution is 0.0363. The SMILES string of the molecule is CCCCC1OC(=O)c2c(O)cccc21. The van der Waals surface area contributed by atoms with Crippen molar-refractivity contribution in [3.8, 4) is 5.75 Å². The molecule has 1 aromatic rings. The summed E-state index contributed by atoms with van der Waals surface area (Å²) in [5, 5.41) is 9.54. The lowest BCUT2D eigenvalue weighted by Gasteiger charge is -2.09. The van der Waals surface area contributed by atoms with Crippen molar-refractivity contribution in [1.29, 1.82) is 0 Å². The Labute approximate surface area is 88.7 Å². The molecule has 0 radical (unpaired) electrons. The molecule has 0 amide bonds. The third kappa shape index (κ3) is 1.69. The van der Waals surface area contributed by atoms with Gasteiger partial charge in [0.2, 0.25) is 0 Å². The van der Waals surface area contributed by atoms with E-state index in [0.717, 1.165) is 24.8 Å². The van der Waals surface area contributed by atoms with Crippen molar-refractivity contribution in [1.82, 2.24) is 0 Å². The molecule has 0 saturated carbocycles. The third-order valence-corrected chi connectivity index (χ3v) is 2.69. The minimum atomic E-state index is -0.399. The van der Waals surface area contributed by atoms with Gasteiger partial charge in [-0.3, -0.25) is 0 Å². The zero-order valence-electron chi connectivity index (χ0n) is 8.69. The van der Waals surface area contributed by atoms with Gasteiger partial charge >= 0.3 is 5.97 Å². The van der Waals surface area contributed by atoms with Gasteiger partial charge in [-0.2, -0.15) is 0 Å². The maximum Gasteiger partial charge on any atom is 0.342 e. The predicted molar refractivity (Wildman–Crippen MR) is 55.8 cm³/mol. The molecule has 80 valence electrons. The fourth-order valence-corrected chi connectivity index (χ4v) is 1.90. The molecule has 1 heterocycles. The normalized spacial score (nSPS) is 18.7. The van der Waals surface area contributed by atoms with Crippen molar-refractivity contribution in [3.63, 3.8) is 0 Å². The summed E-state index contributed by atoms with van der Waals surface area (Å²) in [7, 11) is 0. The summed E-state index contributed by atoms with van der Waals surface area (Å²) in [5.41, 5.74) is 1.17. The number of phenols is 1. The van der Waals surface area contributed by atoms with Gasteiger partial charge in [0.15, 0.2) is 0 Å². The van der Waals surface area contributed by atoms with Crippen molar-refractivity contribution < 1.29 is 14.6 Å². The van der Waals surface area contributed by atoms with Crippen molar-refractivity contribution in [2.45, 2.75) is 32.3 Å². The first-order valence-corrected chi connectivity index (χ1v) is 5.27. The molecule has 0 spiro atoms. The number of hydrogen-bond acceptors (Lipinski definition) is 3. The summed E-state index contributed by atoms with van der Waals surface area (Å²) in [6, 6.07) is 5.11. The number of carbonyl (C=O) groups excluding carboxylic acids is 1. The number of aromatic hydroxyl groups is 1. The summed E-state index contributed by atoms with van der Waals surface area (Å²) in [4.78, 5) is 11.5. The summed E-state index contributed by atoms with van der Waals surface area (Å²) < 4.78 is 5.22. The minimum Gasteiger partial charge on any atom is -0.507 e. The number of hydrogen-bond donors (Lipinski definition) is 1. The molecule has 0 fully saturated rings. The highest BCUT2D eigenvalue weighted by atomic mass is 16.5. The van der Waals surface area contributed by atoms with Gasteiger partial charge in [0.05, 0.1) is 0 Å². The van der Waals surface area contributed by atoms with Crippen LogP contribution >= 0.6 is 0 Å². The van der Waals surface area contributed by atoms with E-state index in [2.05, 4.69) is 6.92 Å². The molecule has 15 heavy (non-hydrogen) atoms. The Morgan fingerprint density at radius 2 is 2.27 bits per heavy atom. The second-order valence-electron chi connectivity index (χ2n) is 3.78. The van der Waals surface area contributed by atoms with E-state index < -0.39 is 5.97 Å². The average Bonchev–Trinajstić information content (AvgIpc) is 2.54. The molecule has 3 nitrogen and oxygen atoms in total. The minimum absolute atomic E-state index is 0.0245. The monoisotopic (exact) mass is 206 g/mol. The molecule has 0 aromatic heterocycles. The summed E-state index contributed by atoms with van der Waals surface area (Å²) in [5.74, 6) is -0.374. The zero-order chi connectivity index (χ0) is 10.8. The van der Waals surface area contributed by atoms with Crippen LogP contribution in [-0.4, -0.2) is 11.1 Å². The second kappa shape index (κ2) is 3.93.